The summed E-state index contributed by atoms with van der Waals surface area (Å²) in [7, 11) is 1.53. The van der Waals surface area contributed by atoms with Crippen molar-refractivity contribution < 1.29 is 19.5 Å². The van der Waals surface area contributed by atoms with E-state index >= 15 is 0 Å². The molecule has 1 amide bonds. The molecule has 0 radical (unpaired) electrons. The summed E-state index contributed by atoms with van der Waals surface area (Å²) in [5.74, 6) is -0.206. The Morgan fingerprint density at radius 3 is 2.52 bits per heavy atom. The summed E-state index contributed by atoms with van der Waals surface area (Å²) in [5, 5.41) is 15.5. The molecule has 0 saturated heterocycles. The first kappa shape index (κ1) is 17.5. The monoisotopic (exact) mass is 344 g/mol. The molecule has 6 nitrogen and oxygen atoms in total. The van der Waals surface area contributed by atoms with Gasteiger partial charge in [-0.05, 0) is 42.9 Å². The van der Waals surface area contributed by atoms with Gasteiger partial charge >= 0.3 is 0 Å². The van der Waals surface area contributed by atoms with E-state index in [-0.39, 0.29) is 17.4 Å². The van der Waals surface area contributed by atoms with Crippen molar-refractivity contribution in [3.05, 3.63) is 23.8 Å². The molecular formula is C19H24N2O4. The number of aryl methyl sites for hydroxylation is 1. The highest BCUT2D eigenvalue weighted by atomic mass is 16.5. The van der Waals surface area contributed by atoms with E-state index in [9.17, 15) is 14.8 Å². The maximum Gasteiger partial charge on any atom is 0.239 e. The van der Waals surface area contributed by atoms with Crippen LogP contribution in [0.3, 0.4) is 0 Å². The summed E-state index contributed by atoms with van der Waals surface area (Å²) in [5.41, 5.74) is -0.895. The lowest BCUT2D eigenvalue weighted by Crippen LogP contribution is -2.47. The molecule has 2 unspecified atom stereocenters. The predicted octanol–water partition coefficient (Wildman–Crippen LogP) is 3.17. The molecule has 0 aromatic heterocycles. The molecule has 3 rings (SSSR count). The Morgan fingerprint density at radius 2 is 1.96 bits per heavy atom. The first-order valence-electron chi connectivity index (χ1n) is 8.39. The number of fused-ring (bicyclic) bond motifs is 2. The second kappa shape index (κ2) is 5.31. The number of benzene rings is 1. The Hall–Kier alpha value is -2.37. The SMILES string of the molecule is COc1ccc(C)cc1NC(=O)C12CCC(C)(C(=NO)C1=O)C2(C)C. The molecule has 0 heterocycles. The molecule has 1 aromatic carbocycles. The van der Waals surface area contributed by atoms with Gasteiger partial charge in [0.25, 0.3) is 0 Å². The Labute approximate surface area is 147 Å². The van der Waals surface area contributed by atoms with Crippen molar-refractivity contribution in [3.63, 3.8) is 0 Å². The number of hydrogen-bond donors (Lipinski definition) is 2. The van der Waals surface area contributed by atoms with Crippen LogP contribution in [0.4, 0.5) is 5.69 Å². The molecule has 1 aromatic rings. The van der Waals surface area contributed by atoms with Crippen LogP contribution in [-0.4, -0.2) is 29.7 Å². The Kier molecular flexibility index (Phi) is 3.71. The van der Waals surface area contributed by atoms with Crippen LogP contribution in [0.1, 0.15) is 39.2 Å². The van der Waals surface area contributed by atoms with E-state index in [4.69, 9.17) is 4.74 Å². The average molecular weight is 344 g/mol. The van der Waals surface area contributed by atoms with Gasteiger partial charge in [0.05, 0.1) is 12.8 Å². The van der Waals surface area contributed by atoms with Gasteiger partial charge in [0.15, 0.2) is 5.78 Å². The number of carbonyl (C=O) groups is 2. The molecule has 2 fully saturated rings. The number of nitrogens with one attached hydrogen (secondary N) is 1. The van der Waals surface area contributed by atoms with Crippen LogP contribution in [0.15, 0.2) is 23.4 Å². The topological polar surface area (TPSA) is 88.0 Å². The van der Waals surface area contributed by atoms with E-state index in [2.05, 4.69) is 10.5 Å². The lowest BCUT2D eigenvalue weighted by atomic mass is 9.64. The summed E-state index contributed by atoms with van der Waals surface area (Å²) in [6.45, 7) is 7.63. The van der Waals surface area contributed by atoms with Crippen molar-refractivity contribution in [2.24, 2.45) is 21.4 Å². The van der Waals surface area contributed by atoms with Crippen molar-refractivity contribution in [1.29, 1.82) is 0 Å². The molecule has 0 aliphatic heterocycles. The number of methoxy groups -OCH3 is 1. The summed E-state index contributed by atoms with van der Waals surface area (Å²) in [6.07, 6.45) is 1.07. The van der Waals surface area contributed by atoms with Gasteiger partial charge in [-0.15, -0.1) is 0 Å². The van der Waals surface area contributed by atoms with Crippen LogP contribution in [0.5, 0.6) is 5.75 Å². The van der Waals surface area contributed by atoms with E-state index < -0.39 is 16.2 Å². The molecule has 2 saturated carbocycles. The Bertz CT molecular complexity index is 799. The standard InChI is InChI=1S/C19H24N2O4/c1-11-6-7-13(25-5)12(10-11)20-16(23)19-9-8-18(4,17(19,2)3)14(21-24)15(19)22/h6-7,10,24H,8-9H2,1-5H3,(H,20,23). The van der Waals surface area contributed by atoms with Gasteiger partial charge in [-0.2, -0.15) is 0 Å². The van der Waals surface area contributed by atoms with E-state index in [0.717, 1.165) is 5.56 Å². The summed E-state index contributed by atoms with van der Waals surface area (Å²) in [6, 6.07) is 5.49. The minimum atomic E-state index is -1.24. The van der Waals surface area contributed by atoms with Gasteiger partial charge in [-0.25, -0.2) is 0 Å². The number of rotatable bonds is 3. The highest BCUT2D eigenvalue weighted by Crippen LogP contribution is 2.69. The fourth-order valence-corrected chi connectivity index (χ4v) is 4.60. The van der Waals surface area contributed by atoms with E-state index in [1.54, 1.807) is 6.07 Å². The first-order valence-corrected chi connectivity index (χ1v) is 8.39. The van der Waals surface area contributed by atoms with Crippen LogP contribution in [0.2, 0.25) is 0 Å². The average Bonchev–Trinajstić information content (AvgIpc) is 2.83. The number of amides is 1. The van der Waals surface area contributed by atoms with Crippen LogP contribution in [0, 0.1) is 23.2 Å². The molecule has 2 aliphatic carbocycles. The van der Waals surface area contributed by atoms with Crippen molar-refractivity contribution in [2.75, 3.05) is 12.4 Å². The highest BCUT2D eigenvalue weighted by molar-refractivity contribution is 6.51. The Morgan fingerprint density at radius 1 is 1.28 bits per heavy atom. The number of ether oxygens (including phenoxy) is 1. The lowest BCUT2D eigenvalue weighted by molar-refractivity contribution is -0.140. The number of Topliss-reactive ketones (excluding diaryl/α,β-unsaturated/α-hetero) is 1. The normalized spacial score (nSPS) is 31.4. The van der Waals surface area contributed by atoms with E-state index in [0.29, 0.717) is 24.3 Å². The van der Waals surface area contributed by atoms with Crippen LogP contribution in [0.25, 0.3) is 0 Å². The zero-order valence-corrected chi connectivity index (χ0v) is 15.3. The number of hydrogen-bond acceptors (Lipinski definition) is 5. The van der Waals surface area contributed by atoms with Crippen LogP contribution >= 0.6 is 0 Å². The summed E-state index contributed by atoms with van der Waals surface area (Å²) < 4.78 is 5.32. The predicted molar refractivity (Wildman–Crippen MR) is 94.1 cm³/mol. The second-order valence-electron chi connectivity index (χ2n) is 7.80. The third kappa shape index (κ3) is 1.94. The summed E-state index contributed by atoms with van der Waals surface area (Å²) >= 11 is 0. The van der Waals surface area contributed by atoms with Crippen molar-refractivity contribution in [3.8, 4) is 5.75 Å². The van der Waals surface area contributed by atoms with Gasteiger partial charge in [-0.1, -0.05) is 32.0 Å². The van der Waals surface area contributed by atoms with Crippen LogP contribution < -0.4 is 10.1 Å². The number of nitrogens with zero attached hydrogens (tertiary/aromatic N) is 1. The van der Waals surface area contributed by atoms with Gasteiger partial charge in [-0.3, -0.25) is 9.59 Å². The smallest absolute Gasteiger partial charge is 0.239 e. The first-order chi connectivity index (χ1) is 11.7. The van der Waals surface area contributed by atoms with Crippen molar-refractivity contribution >= 4 is 23.1 Å². The molecule has 25 heavy (non-hydrogen) atoms. The van der Waals surface area contributed by atoms with E-state index in [1.165, 1.54) is 7.11 Å². The number of carbonyl (C=O) groups excluding carboxylic acids is 2. The Balaban J connectivity index is 2.06. The number of oxime groups is 1. The molecule has 134 valence electrons. The van der Waals surface area contributed by atoms with Gasteiger partial charge in [0.1, 0.15) is 16.9 Å². The molecule has 6 heteroatoms. The molecule has 2 bridgehead atoms. The largest absolute Gasteiger partial charge is 0.495 e. The number of anilines is 1. The van der Waals surface area contributed by atoms with Gasteiger partial charge in [0, 0.05) is 5.41 Å². The third-order valence-corrected chi connectivity index (χ3v) is 6.66. The van der Waals surface area contributed by atoms with E-state index in [1.807, 2.05) is 39.8 Å². The zero-order chi connectivity index (χ0) is 18.6. The molecule has 2 atom stereocenters. The van der Waals surface area contributed by atoms with Gasteiger partial charge < -0.3 is 15.3 Å². The van der Waals surface area contributed by atoms with Crippen molar-refractivity contribution in [2.45, 2.75) is 40.5 Å². The van der Waals surface area contributed by atoms with Crippen molar-refractivity contribution in [1.82, 2.24) is 0 Å². The molecule has 0 spiro atoms. The quantitative estimate of drug-likeness (QED) is 0.501. The third-order valence-electron chi connectivity index (χ3n) is 6.66. The maximum absolute atomic E-state index is 13.3. The fourth-order valence-electron chi connectivity index (χ4n) is 4.60. The van der Waals surface area contributed by atoms with Crippen LogP contribution in [-0.2, 0) is 9.59 Å². The van der Waals surface area contributed by atoms with Gasteiger partial charge in [0.2, 0.25) is 5.91 Å². The molecular weight excluding hydrogens is 320 g/mol. The lowest BCUT2D eigenvalue weighted by Gasteiger charge is -2.37. The molecule has 2 N–H and O–H groups in total. The minimum Gasteiger partial charge on any atom is -0.495 e. The fraction of sp³-hybridized carbons (Fsp3) is 0.526. The highest BCUT2D eigenvalue weighted by Gasteiger charge is 2.76. The maximum atomic E-state index is 13.3. The number of ketones is 1. The molecule has 2 aliphatic rings. The zero-order valence-electron chi connectivity index (χ0n) is 15.3. The summed E-state index contributed by atoms with van der Waals surface area (Å²) in [4.78, 5) is 26.3. The second-order valence-corrected chi connectivity index (χ2v) is 7.80. The minimum absolute atomic E-state index is 0.107.